The molecule has 1 saturated heterocycles. The molecule has 94 valence electrons. The van der Waals surface area contributed by atoms with Crippen LogP contribution in [0.1, 0.15) is 23.5 Å². The second-order valence-corrected chi connectivity index (χ2v) is 7.31. The molecule has 1 aromatic rings. The largest absolute Gasteiger partial charge is 0.373 e. The third-order valence-electron chi connectivity index (χ3n) is 2.72. The van der Waals surface area contributed by atoms with Crippen LogP contribution in [0.5, 0.6) is 0 Å². The fourth-order valence-electron chi connectivity index (χ4n) is 1.99. The molecule has 0 amide bonds. The molecule has 5 heteroatoms. The summed E-state index contributed by atoms with van der Waals surface area (Å²) in [6, 6.07) is 3.80. The summed E-state index contributed by atoms with van der Waals surface area (Å²) < 4.78 is 6.63. The quantitative estimate of drug-likeness (QED) is 0.803. The smallest absolute Gasteiger partial charge is 0.186 e. The van der Waals surface area contributed by atoms with Gasteiger partial charge in [-0.15, -0.1) is 11.3 Å². The van der Waals surface area contributed by atoms with Gasteiger partial charge >= 0.3 is 0 Å². The summed E-state index contributed by atoms with van der Waals surface area (Å²) in [6.45, 7) is 6.96. The van der Waals surface area contributed by atoms with Gasteiger partial charge in [0.15, 0.2) is 5.78 Å². The van der Waals surface area contributed by atoms with Crippen molar-refractivity contribution >= 4 is 33.0 Å². The number of carbonyl (C=O) groups is 1. The van der Waals surface area contributed by atoms with Crippen molar-refractivity contribution in [3.8, 4) is 0 Å². The molecule has 0 radical (unpaired) electrons. The molecule has 2 rings (SSSR count). The molecule has 0 spiro atoms. The minimum atomic E-state index is -0.144. The third kappa shape index (κ3) is 3.61. The summed E-state index contributed by atoms with van der Waals surface area (Å²) in [5.74, 6) is 0.193. The number of hydrogen-bond donors (Lipinski definition) is 0. The van der Waals surface area contributed by atoms with Gasteiger partial charge in [-0.1, -0.05) is 0 Å². The Balaban J connectivity index is 1.95. The Morgan fingerprint density at radius 3 is 2.94 bits per heavy atom. The lowest BCUT2D eigenvalue weighted by molar-refractivity contribution is -0.0832. The first-order chi connectivity index (χ1) is 7.96. The van der Waals surface area contributed by atoms with Crippen molar-refractivity contribution in [2.24, 2.45) is 0 Å². The molecule has 0 aromatic carbocycles. The molecule has 1 aliphatic heterocycles. The maximum Gasteiger partial charge on any atom is 0.186 e. The van der Waals surface area contributed by atoms with Gasteiger partial charge in [-0.05, 0) is 41.9 Å². The molecule has 0 saturated carbocycles. The number of nitrogens with zero attached hydrogens (tertiary/aromatic N) is 1. The van der Waals surface area contributed by atoms with Gasteiger partial charge in [0.05, 0.1) is 27.4 Å². The van der Waals surface area contributed by atoms with Crippen LogP contribution in [0.3, 0.4) is 0 Å². The Kier molecular flexibility index (Phi) is 4.02. The number of rotatable bonds is 3. The first-order valence-corrected chi connectivity index (χ1v) is 7.22. The highest BCUT2D eigenvalue weighted by Gasteiger charge is 2.28. The molecule has 1 fully saturated rings. The van der Waals surface area contributed by atoms with Crippen LogP contribution in [0, 0.1) is 0 Å². The van der Waals surface area contributed by atoms with E-state index in [-0.39, 0.29) is 11.4 Å². The average molecular weight is 318 g/mol. The predicted octanol–water partition coefficient (Wildman–Crippen LogP) is 2.80. The summed E-state index contributed by atoms with van der Waals surface area (Å²) in [6.07, 6.45) is 0. The van der Waals surface area contributed by atoms with Crippen molar-refractivity contribution in [1.82, 2.24) is 4.90 Å². The fourth-order valence-corrected chi connectivity index (χ4v) is 3.31. The summed E-state index contributed by atoms with van der Waals surface area (Å²) in [5, 5.41) is 0. The van der Waals surface area contributed by atoms with E-state index in [1.807, 2.05) is 12.1 Å². The van der Waals surface area contributed by atoms with Crippen molar-refractivity contribution < 1.29 is 9.53 Å². The highest BCUT2D eigenvalue weighted by Crippen LogP contribution is 2.23. The minimum absolute atomic E-state index is 0.144. The predicted molar refractivity (Wildman–Crippen MR) is 72.8 cm³/mol. The maximum atomic E-state index is 12.0. The van der Waals surface area contributed by atoms with Gasteiger partial charge in [-0.25, -0.2) is 0 Å². The first kappa shape index (κ1) is 13.2. The number of thiophene rings is 1. The first-order valence-electron chi connectivity index (χ1n) is 5.61. The van der Waals surface area contributed by atoms with Crippen LogP contribution in [-0.2, 0) is 4.74 Å². The lowest BCUT2D eigenvalue weighted by atomic mass is 10.1. The normalized spacial score (nSPS) is 20.4. The van der Waals surface area contributed by atoms with Gasteiger partial charge in [0.1, 0.15) is 0 Å². The summed E-state index contributed by atoms with van der Waals surface area (Å²) in [4.78, 5) is 15.0. The Labute approximate surface area is 114 Å². The molecule has 0 aliphatic carbocycles. The number of halogens is 1. The van der Waals surface area contributed by atoms with Crippen LogP contribution in [0.15, 0.2) is 15.9 Å². The standard InChI is InChI=1S/C12H16BrNO2S/c1-12(2)8-14(5-6-16-12)7-9(15)10-3-4-11(13)17-10/h3-4H,5-8H2,1-2H3. The number of ether oxygens (including phenoxy) is 1. The number of ketones is 1. The van der Waals surface area contributed by atoms with E-state index in [0.717, 1.165) is 21.8 Å². The lowest BCUT2D eigenvalue weighted by Gasteiger charge is -2.37. The number of morpholine rings is 1. The molecule has 0 unspecified atom stereocenters. The van der Waals surface area contributed by atoms with Crippen molar-refractivity contribution in [2.75, 3.05) is 26.2 Å². The van der Waals surface area contributed by atoms with E-state index in [1.54, 1.807) is 0 Å². The number of hydrogen-bond acceptors (Lipinski definition) is 4. The van der Waals surface area contributed by atoms with Crippen LogP contribution in [0.25, 0.3) is 0 Å². The molecule has 2 heterocycles. The van der Waals surface area contributed by atoms with Gasteiger partial charge in [0.2, 0.25) is 0 Å². The van der Waals surface area contributed by atoms with Crippen molar-refractivity contribution in [1.29, 1.82) is 0 Å². The molecular formula is C12H16BrNO2S. The third-order valence-corrected chi connectivity index (χ3v) is 4.38. The van der Waals surface area contributed by atoms with Crippen LogP contribution in [-0.4, -0.2) is 42.5 Å². The molecule has 17 heavy (non-hydrogen) atoms. The van der Waals surface area contributed by atoms with E-state index in [2.05, 4.69) is 34.7 Å². The van der Waals surface area contributed by atoms with E-state index in [4.69, 9.17) is 4.74 Å². The highest BCUT2D eigenvalue weighted by atomic mass is 79.9. The second kappa shape index (κ2) is 5.18. The van der Waals surface area contributed by atoms with Crippen LogP contribution < -0.4 is 0 Å². The van der Waals surface area contributed by atoms with Crippen LogP contribution in [0.2, 0.25) is 0 Å². The molecule has 3 nitrogen and oxygen atoms in total. The highest BCUT2D eigenvalue weighted by molar-refractivity contribution is 9.11. The fraction of sp³-hybridized carbons (Fsp3) is 0.583. The molecule has 1 aliphatic rings. The van der Waals surface area contributed by atoms with Crippen LogP contribution in [0.4, 0.5) is 0 Å². The van der Waals surface area contributed by atoms with Gasteiger partial charge in [0.25, 0.3) is 0 Å². The average Bonchev–Trinajstić information content (AvgIpc) is 2.63. The summed E-state index contributed by atoms with van der Waals surface area (Å²) in [5.41, 5.74) is -0.144. The van der Waals surface area contributed by atoms with Crippen molar-refractivity contribution in [3.05, 3.63) is 20.8 Å². The Morgan fingerprint density at radius 1 is 1.59 bits per heavy atom. The van der Waals surface area contributed by atoms with Gasteiger partial charge in [-0.2, -0.15) is 0 Å². The van der Waals surface area contributed by atoms with Crippen molar-refractivity contribution in [3.63, 3.8) is 0 Å². The Morgan fingerprint density at radius 2 is 2.35 bits per heavy atom. The van der Waals surface area contributed by atoms with Gasteiger partial charge in [0, 0.05) is 13.1 Å². The maximum absolute atomic E-state index is 12.0. The Hall–Kier alpha value is -0.230. The number of Topliss-reactive ketones (excluding diaryl/α,β-unsaturated/α-hetero) is 1. The van der Waals surface area contributed by atoms with E-state index in [1.165, 1.54) is 11.3 Å². The SMILES string of the molecule is CC1(C)CN(CC(=O)c2ccc(Br)s2)CCO1. The zero-order chi connectivity index (χ0) is 12.5. The van der Waals surface area contributed by atoms with Crippen LogP contribution >= 0.6 is 27.3 Å². The Bertz CT molecular complexity index is 416. The topological polar surface area (TPSA) is 29.5 Å². The van der Waals surface area contributed by atoms with E-state index < -0.39 is 0 Å². The zero-order valence-electron chi connectivity index (χ0n) is 10.0. The molecular weight excluding hydrogens is 302 g/mol. The lowest BCUT2D eigenvalue weighted by Crippen LogP contribution is -2.49. The molecule has 0 bridgehead atoms. The second-order valence-electron chi connectivity index (χ2n) is 4.85. The van der Waals surface area contributed by atoms with Gasteiger partial charge < -0.3 is 4.74 Å². The molecule has 0 atom stereocenters. The molecule has 0 N–H and O–H groups in total. The van der Waals surface area contributed by atoms with E-state index in [9.17, 15) is 4.79 Å². The minimum Gasteiger partial charge on any atom is -0.373 e. The van der Waals surface area contributed by atoms with Crippen molar-refractivity contribution in [2.45, 2.75) is 19.4 Å². The molecule has 1 aromatic heterocycles. The number of carbonyl (C=O) groups excluding carboxylic acids is 1. The zero-order valence-corrected chi connectivity index (χ0v) is 12.4. The summed E-state index contributed by atoms with van der Waals surface area (Å²) in [7, 11) is 0. The van der Waals surface area contributed by atoms with E-state index in [0.29, 0.717) is 13.2 Å². The monoisotopic (exact) mass is 317 g/mol. The van der Waals surface area contributed by atoms with Gasteiger partial charge in [-0.3, -0.25) is 9.69 Å². The van der Waals surface area contributed by atoms with E-state index >= 15 is 0 Å². The summed E-state index contributed by atoms with van der Waals surface area (Å²) >= 11 is 4.87.